The Morgan fingerprint density at radius 1 is 0.853 bits per heavy atom. The number of carbonyl (C=O) groups excluding carboxylic acids is 2. The average molecular weight is 468 g/mol. The molecular formula is C24H24N2O8. The van der Waals surface area contributed by atoms with Crippen molar-refractivity contribution in [3.8, 4) is 0 Å². The van der Waals surface area contributed by atoms with Gasteiger partial charge < -0.3 is 38.4 Å². The number of aromatic amines is 2. The van der Waals surface area contributed by atoms with Gasteiger partial charge in [-0.1, -0.05) is 0 Å². The Bertz CT molecular complexity index is 1230. The monoisotopic (exact) mass is 468 g/mol. The Kier molecular flexibility index (Phi) is 5.15. The molecule has 0 aromatic carbocycles. The van der Waals surface area contributed by atoms with E-state index in [1.165, 1.54) is 25.0 Å². The van der Waals surface area contributed by atoms with Crippen LogP contribution in [0.15, 0.2) is 42.9 Å². The molecule has 0 bridgehead atoms. The molecule has 10 heteroatoms. The molecule has 2 N–H and O–H groups in total. The molecule has 0 fully saturated rings. The van der Waals surface area contributed by atoms with Crippen LogP contribution in [0.25, 0.3) is 5.57 Å². The lowest BCUT2D eigenvalue weighted by Gasteiger charge is -2.43. The molecule has 2 aromatic rings. The molecule has 34 heavy (non-hydrogen) atoms. The van der Waals surface area contributed by atoms with Crippen molar-refractivity contribution in [1.82, 2.24) is 9.97 Å². The van der Waals surface area contributed by atoms with Gasteiger partial charge in [0.05, 0.1) is 5.69 Å². The van der Waals surface area contributed by atoms with Gasteiger partial charge in [-0.2, -0.15) is 0 Å². The Labute approximate surface area is 195 Å². The van der Waals surface area contributed by atoms with Crippen LogP contribution in [0.1, 0.15) is 40.3 Å². The fourth-order valence-corrected chi connectivity index (χ4v) is 4.49. The maximum Gasteiger partial charge on any atom is 0.394 e. The molecule has 4 heterocycles. The largest absolute Gasteiger partial charge is 0.450 e. The maximum absolute atomic E-state index is 13.0. The third kappa shape index (κ3) is 3.51. The van der Waals surface area contributed by atoms with E-state index in [0.717, 1.165) is 28.2 Å². The van der Waals surface area contributed by atoms with Gasteiger partial charge in [-0.25, -0.2) is 9.59 Å². The second-order valence-electron chi connectivity index (χ2n) is 8.43. The summed E-state index contributed by atoms with van der Waals surface area (Å²) in [6.45, 7) is 7.65. The summed E-state index contributed by atoms with van der Waals surface area (Å²) in [6, 6.07) is 3.90. The quantitative estimate of drug-likeness (QED) is 0.619. The van der Waals surface area contributed by atoms with Crippen molar-refractivity contribution in [2.75, 3.05) is 0 Å². The van der Waals surface area contributed by atoms with Gasteiger partial charge >= 0.3 is 24.5 Å². The van der Waals surface area contributed by atoms with Gasteiger partial charge in [0, 0.05) is 29.1 Å². The van der Waals surface area contributed by atoms with E-state index in [4.69, 9.17) is 28.4 Å². The lowest BCUT2D eigenvalue weighted by atomic mass is 9.73. The van der Waals surface area contributed by atoms with E-state index < -0.39 is 30.1 Å². The van der Waals surface area contributed by atoms with Crippen molar-refractivity contribution in [1.29, 1.82) is 0 Å². The van der Waals surface area contributed by atoms with Gasteiger partial charge in [0.15, 0.2) is 5.76 Å². The van der Waals surface area contributed by atoms with E-state index in [1.807, 2.05) is 39.8 Å². The van der Waals surface area contributed by atoms with Crippen molar-refractivity contribution >= 4 is 17.5 Å². The van der Waals surface area contributed by atoms with E-state index in [0.29, 0.717) is 11.3 Å². The molecule has 178 valence electrons. The van der Waals surface area contributed by atoms with E-state index in [-0.39, 0.29) is 12.2 Å². The number of rotatable bonds is 6. The Hall–Kier alpha value is -4.08. The summed E-state index contributed by atoms with van der Waals surface area (Å²) in [5.74, 6) is -1.39. The van der Waals surface area contributed by atoms with Gasteiger partial charge in [-0.3, -0.25) is 0 Å². The van der Waals surface area contributed by atoms with Gasteiger partial charge in [0.1, 0.15) is 25.0 Å². The molecule has 3 aliphatic rings. The first-order chi connectivity index (χ1) is 16.3. The number of H-pyrrole nitrogens is 2. The number of ether oxygens (including phenoxy) is 6. The van der Waals surface area contributed by atoms with Crippen molar-refractivity contribution < 1.29 is 38.0 Å². The van der Waals surface area contributed by atoms with E-state index in [1.54, 1.807) is 0 Å². The molecule has 2 aromatic heterocycles. The third-order valence-corrected chi connectivity index (χ3v) is 5.85. The highest BCUT2D eigenvalue weighted by atomic mass is 16.7. The molecule has 5 rings (SSSR count). The molecule has 10 nitrogen and oxygen atoms in total. The number of hydrogen-bond acceptors (Lipinski definition) is 8. The van der Waals surface area contributed by atoms with Crippen LogP contribution in [-0.2, 0) is 43.6 Å². The van der Waals surface area contributed by atoms with Crippen LogP contribution >= 0.6 is 0 Å². The minimum atomic E-state index is -1.42. The molecule has 0 amide bonds. The normalized spacial score (nSPS) is 21.5. The summed E-state index contributed by atoms with van der Waals surface area (Å²) in [6.07, 6.45) is 2.77. The highest BCUT2D eigenvalue weighted by Gasteiger charge is 2.57. The molecule has 0 saturated carbocycles. The van der Waals surface area contributed by atoms with E-state index >= 15 is 0 Å². The zero-order valence-electron chi connectivity index (χ0n) is 19.1. The molecule has 0 saturated heterocycles. The minimum absolute atomic E-state index is 0.158. The zero-order chi connectivity index (χ0) is 24.0. The number of carbonyl (C=O) groups is 2. The molecule has 0 spiro atoms. The first kappa shape index (κ1) is 21.7. The number of esters is 2. The van der Waals surface area contributed by atoms with Gasteiger partial charge in [0.25, 0.3) is 0 Å². The molecule has 1 atom stereocenters. The van der Waals surface area contributed by atoms with Crippen LogP contribution in [0.2, 0.25) is 0 Å². The Balaban J connectivity index is 1.60. The number of nitrogens with one attached hydrogen (secondary N) is 2. The predicted molar refractivity (Wildman–Crippen MR) is 116 cm³/mol. The van der Waals surface area contributed by atoms with Crippen LogP contribution in [-0.4, -0.2) is 34.5 Å². The summed E-state index contributed by atoms with van der Waals surface area (Å²) in [5, 5.41) is 0. The van der Waals surface area contributed by atoms with Crippen molar-refractivity contribution in [2.45, 2.75) is 52.3 Å². The zero-order valence-corrected chi connectivity index (χ0v) is 19.1. The van der Waals surface area contributed by atoms with Gasteiger partial charge in [0.2, 0.25) is 5.60 Å². The molecule has 2 aliphatic heterocycles. The van der Waals surface area contributed by atoms with Crippen molar-refractivity contribution in [3.63, 3.8) is 0 Å². The van der Waals surface area contributed by atoms with Gasteiger partial charge in [-0.05, 0) is 51.0 Å². The van der Waals surface area contributed by atoms with Crippen LogP contribution in [0.5, 0.6) is 0 Å². The molecule has 0 radical (unpaired) electrons. The van der Waals surface area contributed by atoms with E-state index in [9.17, 15) is 9.59 Å². The second kappa shape index (κ2) is 8.05. The lowest BCUT2D eigenvalue weighted by molar-refractivity contribution is -0.193. The van der Waals surface area contributed by atoms with Crippen LogP contribution in [0.3, 0.4) is 0 Å². The predicted octanol–water partition coefficient (Wildman–Crippen LogP) is 3.36. The van der Waals surface area contributed by atoms with Crippen LogP contribution in [0.4, 0.5) is 0 Å². The highest BCUT2D eigenvalue weighted by Crippen LogP contribution is 2.55. The van der Waals surface area contributed by atoms with Gasteiger partial charge in [-0.15, -0.1) is 0 Å². The molecular weight excluding hydrogens is 444 g/mol. The summed E-state index contributed by atoms with van der Waals surface area (Å²) in [7, 11) is 0. The highest BCUT2D eigenvalue weighted by molar-refractivity contribution is 5.85. The number of aromatic nitrogens is 2. The maximum atomic E-state index is 13.0. The fraction of sp³-hybridized carbons (Fsp3) is 0.333. The van der Waals surface area contributed by atoms with Crippen LogP contribution in [0, 0.1) is 27.7 Å². The smallest absolute Gasteiger partial charge is 0.394 e. The summed E-state index contributed by atoms with van der Waals surface area (Å²) >= 11 is 0. The lowest BCUT2D eigenvalue weighted by Crippen LogP contribution is -2.47. The third-order valence-electron chi connectivity index (χ3n) is 5.85. The summed E-state index contributed by atoms with van der Waals surface area (Å²) in [5.41, 5.74) is 4.23. The molecule has 1 aliphatic carbocycles. The second-order valence-corrected chi connectivity index (χ2v) is 8.43. The first-order valence-electron chi connectivity index (χ1n) is 10.7. The molecule has 1 unspecified atom stereocenters. The average Bonchev–Trinajstić information content (AvgIpc) is 3.57. The Morgan fingerprint density at radius 2 is 1.41 bits per heavy atom. The topological polar surface area (TPSA) is 121 Å². The standard InChI is InChI=1S/C24H24N2O8/c1-12-9-14(3)25-17(12)16-11-24(18-13(2)10-15(4)26-18,34-21(28)23-31-7-8-32-23)19(16)33-20(27)22-29-5-6-30-22/h5-10,22-23,25-26H,11H2,1-4H3. The van der Waals surface area contributed by atoms with Crippen molar-refractivity contribution in [2.24, 2.45) is 0 Å². The fourth-order valence-electron chi connectivity index (χ4n) is 4.49. The first-order valence-corrected chi connectivity index (χ1v) is 10.7. The number of hydrogen-bond donors (Lipinski definition) is 2. The summed E-state index contributed by atoms with van der Waals surface area (Å²) < 4.78 is 32.5. The SMILES string of the molecule is Cc1cc(C)c(C2=C(OC(=O)C3OC=CO3)C(OC(=O)C3OC=CO3)(c3[nH]c(C)cc3C)C2)[nH]1. The van der Waals surface area contributed by atoms with Crippen LogP contribution < -0.4 is 0 Å². The summed E-state index contributed by atoms with van der Waals surface area (Å²) in [4.78, 5) is 32.5. The Morgan fingerprint density at radius 3 is 1.94 bits per heavy atom. The van der Waals surface area contributed by atoms with E-state index in [2.05, 4.69) is 9.97 Å². The minimum Gasteiger partial charge on any atom is -0.450 e. The van der Waals surface area contributed by atoms with Crippen molar-refractivity contribution in [3.05, 3.63) is 76.8 Å². The number of aryl methyl sites for hydroxylation is 4.